The SMILES string of the molecule is CCn1cc(CN2CCCC[C@H]3[C@@H](OC)CCCN3C(=O)c3cccc(c3)OCC2)cn1. The predicted molar refractivity (Wildman–Crippen MR) is 124 cm³/mol. The zero-order chi connectivity index (χ0) is 22.3. The molecule has 32 heavy (non-hydrogen) atoms. The summed E-state index contributed by atoms with van der Waals surface area (Å²) in [5, 5.41) is 4.42. The first-order valence-electron chi connectivity index (χ1n) is 12.0. The minimum atomic E-state index is 0.0915. The number of carbonyl (C=O) groups excluding carboxylic acids is 1. The molecule has 3 heterocycles. The Bertz CT molecular complexity index is 884. The van der Waals surface area contributed by atoms with Gasteiger partial charge in [0.1, 0.15) is 12.4 Å². The number of hydrogen-bond donors (Lipinski definition) is 0. The van der Waals surface area contributed by atoms with Gasteiger partial charge < -0.3 is 14.4 Å². The number of hydrogen-bond acceptors (Lipinski definition) is 5. The average molecular weight is 441 g/mol. The first-order chi connectivity index (χ1) is 15.7. The average Bonchev–Trinajstić information content (AvgIpc) is 3.28. The summed E-state index contributed by atoms with van der Waals surface area (Å²) in [5.74, 6) is 0.845. The van der Waals surface area contributed by atoms with Crippen LogP contribution < -0.4 is 4.74 Å². The molecule has 2 aliphatic rings. The van der Waals surface area contributed by atoms with E-state index in [-0.39, 0.29) is 18.1 Å². The molecule has 1 aromatic carbocycles. The van der Waals surface area contributed by atoms with Crippen LogP contribution >= 0.6 is 0 Å². The maximum absolute atomic E-state index is 13.4. The quantitative estimate of drug-likeness (QED) is 0.727. The van der Waals surface area contributed by atoms with Crippen molar-refractivity contribution in [3.63, 3.8) is 0 Å². The van der Waals surface area contributed by atoms with Crippen molar-refractivity contribution in [1.29, 1.82) is 0 Å². The van der Waals surface area contributed by atoms with E-state index in [1.165, 1.54) is 5.56 Å². The maximum Gasteiger partial charge on any atom is 0.254 e. The number of rotatable bonds is 4. The van der Waals surface area contributed by atoms with Crippen molar-refractivity contribution >= 4 is 5.91 Å². The number of piperidine rings is 1. The Morgan fingerprint density at radius 2 is 2.06 bits per heavy atom. The molecule has 2 bridgehead atoms. The van der Waals surface area contributed by atoms with Crippen LogP contribution in [0, 0.1) is 0 Å². The van der Waals surface area contributed by atoms with E-state index in [4.69, 9.17) is 9.47 Å². The van der Waals surface area contributed by atoms with Crippen LogP contribution in [0.15, 0.2) is 36.7 Å². The molecule has 2 aromatic rings. The third-order valence-corrected chi connectivity index (χ3v) is 6.68. The van der Waals surface area contributed by atoms with Gasteiger partial charge in [-0.15, -0.1) is 0 Å². The van der Waals surface area contributed by atoms with Crippen molar-refractivity contribution in [2.75, 3.05) is 33.4 Å². The molecule has 0 saturated carbocycles. The van der Waals surface area contributed by atoms with Crippen molar-refractivity contribution in [1.82, 2.24) is 19.6 Å². The van der Waals surface area contributed by atoms with Crippen LogP contribution in [0.1, 0.15) is 54.9 Å². The van der Waals surface area contributed by atoms with Crippen molar-refractivity contribution in [2.24, 2.45) is 0 Å². The highest BCUT2D eigenvalue weighted by Gasteiger charge is 2.34. The largest absolute Gasteiger partial charge is 0.492 e. The van der Waals surface area contributed by atoms with Gasteiger partial charge in [-0.1, -0.05) is 12.5 Å². The first-order valence-corrected chi connectivity index (χ1v) is 12.0. The van der Waals surface area contributed by atoms with E-state index in [2.05, 4.69) is 23.1 Å². The first kappa shape index (κ1) is 22.8. The molecule has 174 valence electrons. The number of nitrogens with zero attached hydrogens (tertiary/aromatic N) is 4. The maximum atomic E-state index is 13.4. The van der Waals surface area contributed by atoms with Crippen molar-refractivity contribution in [2.45, 2.75) is 64.3 Å². The highest BCUT2D eigenvalue weighted by molar-refractivity contribution is 5.95. The lowest BCUT2D eigenvalue weighted by Gasteiger charge is -2.41. The van der Waals surface area contributed by atoms with E-state index in [1.54, 1.807) is 7.11 Å². The molecular formula is C25H36N4O3. The van der Waals surface area contributed by atoms with Crippen molar-refractivity contribution in [3.8, 4) is 5.75 Å². The van der Waals surface area contributed by atoms with Crippen LogP contribution in [0.2, 0.25) is 0 Å². The van der Waals surface area contributed by atoms with Gasteiger partial charge in [-0.3, -0.25) is 14.4 Å². The standard InChI is InChI=1S/C25H36N4O3/c1-3-28-19-20(17-26-28)18-27-12-5-4-10-23-24(31-2)11-7-13-29(23)25(30)21-8-6-9-22(16-21)32-15-14-27/h6,8-9,16-17,19,23-24H,3-5,7,10-15,18H2,1-2H3/t23-,24-/m0/s1. The highest BCUT2D eigenvalue weighted by atomic mass is 16.5. The second kappa shape index (κ2) is 11.0. The van der Waals surface area contributed by atoms with E-state index >= 15 is 0 Å². The van der Waals surface area contributed by atoms with Crippen molar-refractivity contribution < 1.29 is 14.3 Å². The molecule has 1 amide bonds. The molecule has 4 rings (SSSR count). The molecular weight excluding hydrogens is 404 g/mol. The molecule has 0 unspecified atom stereocenters. The molecule has 7 nitrogen and oxygen atoms in total. The van der Waals surface area contributed by atoms with Gasteiger partial charge in [-0.05, 0) is 57.4 Å². The summed E-state index contributed by atoms with van der Waals surface area (Å²) in [6.45, 7) is 7.09. The molecule has 0 spiro atoms. The van der Waals surface area contributed by atoms with E-state index in [0.29, 0.717) is 12.2 Å². The van der Waals surface area contributed by atoms with Gasteiger partial charge in [0, 0.05) is 50.6 Å². The zero-order valence-corrected chi connectivity index (χ0v) is 19.4. The lowest BCUT2D eigenvalue weighted by atomic mass is 9.93. The monoisotopic (exact) mass is 440 g/mol. The fraction of sp³-hybridized carbons (Fsp3) is 0.600. The number of aryl methyl sites for hydroxylation is 1. The summed E-state index contributed by atoms with van der Waals surface area (Å²) in [6, 6.07) is 7.76. The van der Waals surface area contributed by atoms with Crippen LogP contribution in [-0.4, -0.2) is 71.0 Å². The second-order valence-electron chi connectivity index (χ2n) is 8.83. The van der Waals surface area contributed by atoms with Crippen LogP contribution in [0.3, 0.4) is 0 Å². The molecule has 2 atom stereocenters. The Hall–Kier alpha value is -2.38. The molecule has 0 radical (unpaired) electrons. The number of carbonyl (C=O) groups is 1. The van der Waals surface area contributed by atoms with E-state index in [1.807, 2.05) is 40.0 Å². The van der Waals surface area contributed by atoms with Gasteiger partial charge in [0.25, 0.3) is 5.91 Å². The van der Waals surface area contributed by atoms with Crippen LogP contribution in [0.5, 0.6) is 5.75 Å². The van der Waals surface area contributed by atoms with E-state index < -0.39 is 0 Å². The van der Waals surface area contributed by atoms with Gasteiger partial charge in [0.15, 0.2) is 0 Å². The Kier molecular flexibility index (Phi) is 7.81. The second-order valence-corrected chi connectivity index (χ2v) is 8.83. The Labute approximate surface area is 191 Å². The fourth-order valence-electron chi connectivity index (χ4n) is 4.95. The summed E-state index contributed by atoms with van der Waals surface area (Å²) < 4.78 is 13.8. The van der Waals surface area contributed by atoms with Crippen LogP contribution in [-0.2, 0) is 17.8 Å². The Morgan fingerprint density at radius 3 is 2.88 bits per heavy atom. The lowest BCUT2D eigenvalue weighted by molar-refractivity contribution is -0.0156. The van der Waals surface area contributed by atoms with E-state index in [9.17, 15) is 4.79 Å². The predicted octanol–water partition coefficient (Wildman–Crippen LogP) is 3.59. The third-order valence-electron chi connectivity index (χ3n) is 6.68. The number of fused-ring (bicyclic) bond motifs is 3. The third kappa shape index (κ3) is 5.51. The molecule has 2 aliphatic heterocycles. The van der Waals surface area contributed by atoms with Gasteiger partial charge in [0.2, 0.25) is 0 Å². The lowest BCUT2D eigenvalue weighted by Crippen LogP contribution is -2.51. The number of amides is 1. The Balaban J connectivity index is 1.52. The minimum Gasteiger partial charge on any atom is -0.492 e. The molecule has 0 N–H and O–H groups in total. The summed E-state index contributed by atoms with van der Waals surface area (Å²) in [4.78, 5) is 17.8. The number of aromatic nitrogens is 2. The summed E-state index contributed by atoms with van der Waals surface area (Å²) >= 11 is 0. The van der Waals surface area contributed by atoms with Crippen molar-refractivity contribution in [3.05, 3.63) is 47.8 Å². The van der Waals surface area contributed by atoms with Gasteiger partial charge in [-0.2, -0.15) is 5.10 Å². The number of methoxy groups -OCH3 is 1. The minimum absolute atomic E-state index is 0.0915. The van der Waals surface area contributed by atoms with Gasteiger partial charge >= 0.3 is 0 Å². The molecule has 1 aromatic heterocycles. The summed E-state index contributed by atoms with van der Waals surface area (Å²) in [7, 11) is 1.77. The molecule has 7 heteroatoms. The number of benzene rings is 1. The smallest absolute Gasteiger partial charge is 0.254 e. The van der Waals surface area contributed by atoms with E-state index in [0.717, 1.165) is 70.6 Å². The topological polar surface area (TPSA) is 59.8 Å². The van der Waals surface area contributed by atoms with Gasteiger partial charge in [0.05, 0.1) is 18.3 Å². The summed E-state index contributed by atoms with van der Waals surface area (Å²) in [5.41, 5.74) is 1.93. The molecule has 0 aliphatic carbocycles. The zero-order valence-electron chi connectivity index (χ0n) is 19.4. The fourth-order valence-corrected chi connectivity index (χ4v) is 4.95. The molecule has 1 saturated heterocycles. The molecule has 1 fully saturated rings. The number of ether oxygens (including phenoxy) is 2. The van der Waals surface area contributed by atoms with Gasteiger partial charge in [-0.25, -0.2) is 0 Å². The summed E-state index contributed by atoms with van der Waals surface area (Å²) in [6.07, 6.45) is 9.33. The van der Waals surface area contributed by atoms with Crippen LogP contribution in [0.4, 0.5) is 0 Å². The highest BCUT2D eigenvalue weighted by Crippen LogP contribution is 2.27. The Morgan fingerprint density at radius 1 is 1.16 bits per heavy atom. The normalized spacial score (nSPS) is 23.3. The van der Waals surface area contributed by atoms with Crippen LogP contribution in [0.25, 0.3) is 0 Å².